The van der Waals surface area contributed by atoms with Gasteiger partial charge in [0, 0.05) is 18.5 Å². The molecule has 1 aliphatic rings. The predicted molar refractivity (Wildman–Crippen MR) is 94.6 cm³/mol. The summed E-state index contributed by atoms with van der Waals surface area (Å²) in [5, 5.41) is 4.14. The standard InChI is InChI=1S/C19H28N4O/c1-14(22(2)3)17-10-5-7-15(11-17)12-23(4)13-18-20-19(24-21-18)16-8-6-9-16/h5,7,10-11,14,16H,6,8-9,12-13H2,1-4H3. The van der Waals surface area contributed by atoms with E-state index in [0.29, 0.717) is 18.5 Å². The van der Waals surface area contributed by atoms with Crippen LogP contribution in [0.25, 0.3) is 0 Å². The molecule has 2 aromatic rings. The van der Waals surface area contributed by atoms with E-state index < -0.39 is 0 Å². The van der Waals surface area contributed by atoms with Crippen LogP contribution in [0.5, 0.6) is 0 Å². The molecule has 1 aromatic heterocycles. The van der Waals surface area contributed by atoms with Crippen LogP contribution in [-0.4, -0.2) is 41.1 Å². The molecule has 0 saturated heterocycles. The first-order chi connectivity index (χ1) is 11.5. The van der Waals surface area contributed by atoms with Crippen LogP contribution in [0.3, 0.4) is 0 Å². The van der Waals surface area contributed by atoms with Crippen LogP contribution in [0, 0.1) is 0 Å². The molecule has 5 heteroatoms. The molecular weight excluding hydrogens is 300 g/mol. The molecular formula is C19H28N4O. The normalized spacial score (nSPS) is 16.6. The summed E-state index contributed by atoms with van der Waals surface area (Å²) in [4.78, 5) is 9.01. The number of rotatable bonds is 7. The van der Waals surface area contributed by atoms with E-state index in [-0.39, 0.29) is 0 Å². The summed E-state index contributed by atoms with van der Waals surface area (Å²) >= 11 is 0. The molecule has 1 saturated carbocycles. The Kier molecular flexibility index (Phi) is 5.31. The Morgan fingerprint density at radius 1 is 1.21 bits per heavy atom. The van der Waals surface area contributed by atoms with Crippen molar-refractivity contribution in [2.75, 3.05) is 21.1 Å². The number of hydrogen-bond acceptors (Lipinski definition) is 5. The van der Waals surface area contributed by atoms with Crippen LogP contribution < -0.4 is 0 Å². The van der Waals surface area contributed by atoms with Gasteiger partial charge in [-0.05, 0) is 52.0 Å². The molecule has 1 aliphatic carbocycles. The first-order valence-electron chi connectivity index (χ1n) is 8.79. The Labute approximate surface area is 144 Å². The van der Waals surface area contributed by atoms with Crippen LogP contribution in [0.15, 0.2) is 28.8 Å². The topological polar surface area (TPSA) is 45.4 Å². The van der Waals surface area contributed by atoms with E-state index >= 15 is 0 Å². The van der Waals surface area contributed by atoms with E-state index in [4.69, 9.17) is 4.52 Å². The Balaban J connectivity index is 1.59. The molecule has 1 heterocycles. The van der Waals surface area contributed by atoms with E-state index in [2.05, 4.69) is 72.3 Å². The van der Waals surface area contributed by atoms with E-state index in [1.807, 2.05) is 0 Å². The minimum atomic E-state index is 0.414. The zero-order chi connectivity index (χ0) is 17.1. The molecule has 3 rings (SSSR count). The predicted octanol–water partition coefficient (Wildman–Crippen LogP) is 3.59. The summed E-state index contributed by atoms with van der Waals surface area (Å²) < 4.78 is 5.40. The summed E-state index contributed by atoms with van der Waals surface area (Å²) in [5.74, 6) is 2.12. The molecule has 1 unspecified atom stereocenters. The van der Waals surface area contributed by atoms with Gasteiger partial charge in [0.1, 0.15) is 0 Å². The SMILES string of the molecule is CC(c1cccc(CN(C)Cc2noc(C3CCC3)n2)c1)N(C)C. The largest absolute Gasteiger partial charge is 0.339 e. The number of nitrogens with zero attached hydrogens (tertiary/aromatic N) is 4. The molecule has 0 radical (unpaired) electrons. The smallest absolute Gasteiger partial charge is 0.229 e. The van der Waals surface area contributed by atoms with Crippen LogP contribution >= 0.6 is 0 Å². The van der Waals surface area contributed by atoms with Crippen molar-refractivity contribution in [2.45, 2.75) is 51.2 Å². The lowest BCUT2D eigenvalue weighted by atomic mass is 9.85. The number of aromatic nitrogens is 2. The van der Waals surface area contributed by atoms with Crippen molar-refractivity contribution < 1.29 is 4.52 Å². The molecule has 0 N–H and O–H groups in total. The second kappa shape index (κ2) is 7.45. The van der Waals surface area contributed by atoms with Gasteiger partial charge in [-0.15, -0.1) is 0 Å². The van der Waals surface area contributed by atoms with Gasteiger partial charge in [0.25, 0.3) is 0 Å². The molecule has 0 spiro atoms. The molecule has 130 valence electrons. The minimum Gasteiger partial charge on any atom is -0.339 e. The fraction of sp³-hybridized carbons (Fsp3) is 0.579. The highest BCUT2D eigenvalue weighted by atomic mass is 16.5. The van der Waals surface area contributed by atoms with Crippen molar-refractivity contribution >= 4 is 0 Å². The summed E-state index contributed by atoms with van der Waals surface area (Å²) in [6, 6.07) is 9.22. The fourth-order valence-electron chi connectivity index (χ4n) is 3.01. The molecule has 1 atom stereocenters. The lowest BCUT2D eigenvalue weighted by Gasteiger charge is -2.21. The van der Waals surface area contributed by atoms with Crippen LogP contribution in [0.4, 0.5) is 0 Å². The van der Waals surface area contributed by atoms with Crippen molar-refractivity contribution in [1.29, 1.82) is 0 Å². The Morgan fingerprint density at radius 3 is 2.67 bits per heavy atom. The van der Waals surface area contributed by atoms with Gasteiger partial charge in [0.05, 0.1) is 6.54 Å². The quantitative estimate of drug-likeness (QED) is 0.777. The second-order valence-corrected chi connectivity index (χ2v) is 7.23. The molecule has 24 heavy (non-hydrogen) atoms. The van der Waals surface area contributed by atoms with Crippen LogP contribution in [-0.2, 0) is 13.1 Å². The first-order valence-corrected chi connectivity index (χ1v) is 8.79. The van der Waals surface area contributed by atoms with Crippen LogP contribution in [0.1, 0.15) is 61.0 Å². The lowest BCUT2D eigenvalue weighted by Crippen LogP contribution is -2.19. The Morgan fingerprint density at radius 2 is 2.00 bits per heavy atom. The number of benzene rings is 1. The maximum absolute atomic E-state index is 5.40. The monoisotopic (exact) mass is 328 g/mol. The zero-order valence-electron chi connectivity index (χ0n) is 15.2. The highest BCUT2D eigenvalue weighted by Gasteiger charge is 2.25. The summed E-state index contributed by atoms with van der Waals surface area (Å²) in [6.45, 7) is 3.81. The van der Waals surface area contributed by atoms with Gasteiger partial charge in [-0.1, -0.05) is 35.8 Å². The van der Waals surface area contributed by atoms with Gasteiger partial charge in [-0.25, -0.2) is 0 Å². The van der Waals surface area contributed by atoms with Crippen molar-refractivity contribution in [3.8, 4) is 0 Å². The van der Waals surface area contributed by atoms with Gasteiger partial charge in [0.2, 0.25) is 5.89 Å². The zero-order valence-corrected chi connectivity index (χ0v) is 15.2. The van der Waals surface area contributed by atoms with Gasteiger partial charge >= 0.3 is 0 Å². The van der Waals surface area contributed by atoms with Crippen molar-refractivity contribution in [1.82, 2.24) is 19.9 Å². The van der Waals surface area contributed by atoms with E-state index in [1.54, 1.807) is 0 Å². The average molecular weight is 328 g/mol. The Bertz CT molecular complexity index is 663. The maximum atomic E-state index is 5.40. The van der Waals surface area contributed by atoms with Gasteiger partial charge in [-0.2, -0.15) is 4.98 Å². The van der Waals surface area contributed by atoms with Crippen LogP contribution in [0.2, 0.25) is 0 Å². The fourth-order valence-corrected chi connectivity index (χ4v) is 3.01. The second-order valence-electron chi connectivity index (χ2n) is 7.23. The summed E-state index contributed by atoms with van der Waals surface area (Å²) in [6.07, 6.45) is 3.66. The van der Waals surface area contributed by atoms with E-state index in [9.17, 15) is 0 Å². The third kappa shape index (κ3) is 4.02. The highest BCUT2D eigenvalue weighted by molar-refractivity contribution is 5.25. The summed E-state index contributed by atoms with van der Waals surface area (Å²) in [5.41, 5.74) is 2.66. The number of hydrogen-bond donors (Lipinski definition) is 0. The van der Waals surface area contributed by atoms with Gasteiger partial charge in [0.15, 0.2) is 5.82 Å². The van der Waals surface area contributed by atoms with Gasteiger partial charge < -0.3 is 9.42 Å². The third-order valence-corrected chi connectivity index (χ3v) is 5.01. The van der Waals surface area contributed by atoms with E-state index in [0.717, 1.165) is 18.3 Å². The summed E-state index contributed by atoms with van der Waals surface area (Å²) in [7, 11) is 6.32. The van der Waals surface area contributed by atoms with Crippen molar-refractivity contribution in [3.05, 3.63) is 47.1 Å². The molecule has 5 nitrogen and oxygen atoms in total. The van der Waals surface area contributed by atoms with Gasteiger partial charge in [-0.3, -0.25) is 4.90 Å². The minimum absolute atomic E-state index is 0.414. The molecule has 0 bridgehead atoms. The van der Waals surface area contributed by atoms with Crippen molar-refractivity contribution in [2.24, 2.45) is 0 Å². The molecule has 1 fully saturated rings. The van der Waals surface area contributed by atoms with Crippen molar-refractivity contribution in [3.63, 3.8) is 0 Å². The van der Waals surface area contributed by atoms with E-state index in [1.165, 1.54) is 30.4 Å². The average Bonchev–Trinajstić information content (AvgIpc) is 2.92. The first kappa shape index (κ1) is 17.1. The molecule has 0 aliphatic heterocycles. The highest BCUT2D eigenvalue weighted by Crippen LogP contribution is 2.35. The Hall–Kier alpha value is -1.72. The third-order valence-electron chi connectivity index (χ3n) is 5.01. The maximum Gasteiger partial charge on any atom is 0.229 e. The molecule has 1 aromatic carbocycles. The lowest BCUT2D eigenvalue weighted by molar-refractivity contribution is 0.281. The molecule has 0 amide bonds.